The number of aryl methyl sites for hydroxylation is 1. The van der Waals surface area contributed by atoms with Crippen LogP contribution in [0.1, 0.15) is 23.2 Å². The number of amides is 1. The van der Waals surface area contributed by atoms with Crippen LogP contribution < -0.4 is 20.3 Å². The van der Waals surface area contributed by atoms with E-state index in [1.807, 2.05) is 18.4 Å². The predicted molar refractivity (Wildman–Crippen MR) is 120 cm³/mol. The molecule has 10 nitrogen and oxygen atoms in total. The zero-order chi connectivity index (χ0) is 22.4. The van der Waals surface area contributed by atoms with Gasteiger partial charge in [0.15, 0.2) is 5.16 Å². The number of ether oxygens (including phenoxy) is 1. The van der Waals surface area contributed by atoms with E-state index >= 15 is 0 Å². The maximum Gasteiger partial charge on any atom is 0.437 e. The number of fused-ring (bicyclic) bond motifs is 3. The molecule has 2 aliphatic heterocycles. The van der Waals surface area contributed by atoms with E-state index in [2.05, 4.69) is 20.0 Å². The molecule has 32 heavy (non-hydrogen) atoms. The molecule has 11 heteroatoms. The van der Waals surface area contributed by atoms with Crippen molar-refractivity contribution in [3.8, 4) is 17.3 Å². The largest absolute Gasteiger partial charge is 0.480 e. The summed E-state index contributed by atoms with van der Waals surface area (Å²) in [6.45, 7) is 1.33. The van der Waals surface area contributed by atoms with Crippen LogP contribution in [0.5, 0.6) is 5.88 Å². The first-order valence-electron chi connectivity index (χ1n) is 10.2. The van der Waals surface area contributed by atoms with Gasteiger partial charge in [-0.2, -0.15) is 9.67 Å². The lowest BCUT2D eigenvalue weighted by Crippen LogP contribution is -2.39. The standard InChI is InChI=1S/C21H22N6O4S/c1-25-21(29)31-17(24-25)12-6-4-7-13(10-12)27-11-14-8-5-9-26(14)16-15(19(27)28)18(30-2)23-20(22-16)32-3/h4,6-7,10,14H,5,8-9,11H2,1-3H3/t14-/m0/s1. The van der Waals surface area contributed by atoms with Crippen LogP contribution >= 0.6 is 11.8 Å². The summed E-state index contributed by atoms with van der Waals surface area (Å²) in [5.41, 5.74) is 1.66. The molecule has 0 aliphatic carbocycles. The molecular formula is C21H22N6O4S. The quantitative estimate of drug-likeness (QED) is 0.433. The second-order valence-electron chi connectivity index (χ2n) is 7.67. The van der Waals surface area contributed by atoms with E-state index in [0.717, 1.165) is 24.1 Å². The van der Waals surface area contributed by atoms with Crippen molar-refractivity contribution in [1.82, 2.24) is 19.7 Å². The average Bonchev–Trinajstić information content (AvgIpc) is 3.39. The van der Waals surface area contributed by atoms with Crippen molar-refractivity contribution < 1.29 is 13.9 Å². The van der Waals surface area contributed by atoms with Crippen LogP contribution in [0.15, 0.2) is 38.6 Å². The molecule has 0 radical (unpaired) electrons. The smallest absolute Gasteiger partial charge is 0.437 e. The Morgan fingerprint density at radius 1 is 1.25 bits per heavy atom. The third-order valence-electron chi connectivity index (χ3n) is 5.81. The molecule has 0 N–H and O–H groups in total. The number of rotatable bonds is 4. The zero-order valence-corrected chi connectivity index (χ0v) is 18.8. The van der Waals surface area contributed by atoms with Crippen LogP contribution in [0.3, 0.4) is 0 Å². The molecule has 2 aromatic heterocycles. The van der Waals surface area contributed by atoms with Crippen molar-refractivity contribution in [2.75, 3.05) is 36.3 Å². The highest BCUT2D eigenvalue weighted by molar-refractivity contribution is 7.98. The monoisotopic (exact) mass is 454 g/mol. The summed E-state index contributed by atoms with van der Waals surface area (Å²) in [5.74, 6) is 0.337. The Bertz CT molecular complexity index is 1260. The molecule has 166 valence electrons. The van der Waals surface area contributed by atoms with E-state index in [4.69, 9.17) is 9.15 Å². The second-order valence-corrected chi connectivity index (χ2v) is 8.44. The molecule has 0 bridgehead atoms. The van der Waals surface area contributed by atoms with Crippen molar-refractivity contribution in [2.45, 2.75) is 24.0 Å². The first kappa shape index (κ1) is 20.6. The van der Waals surface area contributed by atoms with Gasteiger partial charge < -0.3 is 19.0 Å². The van der Waals surface area contributed by atoms with Crippen LogP contribution in [0.4, 0.5) is 11.5 Å². The first-order valence-corrected chi connectivity index (χ1v) is 11.5. The van der Waals surface area contributed by atoms with Gasteiger partial charge in [-0.1, -0.05) is 17.8 Å². The molecule has 4 heterocycles. The van der Waals surface area contributed by atoms with Gasteiger partial charge in [0.2, 0.25) is 11.8 Å². The average molecular weight is 455 g/mol. The molecular weight excluding hydrogens is 432 g/mol. The number of hydrogen-bond acceptors (Lipinski definition) is 9. The van der Waals surface area contributed by atoms with Crippen LogP contribution in [0.25, 0.3) is 11.5 Å². The third kappa shape index (κ3) is 3.32. The fourth-order valence-electron chi connectivity index (χ4n) is 4.27. The molecule has 2 aliphatic rings. The Kier molecular flexibility index (Phi) is 5.12. The number of aromatic nitrogens is 4. The van der Waals surface area contributed by atoms with E-state index in [1.54, 1.807) is 17.0 Å². The van der Waals surface area contributed by atoms with E-state index in [0.29, 0.717) is 34.3 Å². The third-order valence-corrected chi connectivity index (χ3v) is 6.36. The fourth-order valence-corrected chi connectivity index (χ4v) is 4.62. The number of thioether (sulfide) groups is 1. The minimum Gasteiger partial charge on any atom is -0.480 e. The van der Waals surface area contributed by atoms with E-state index in [1.165, 1.54) is 25.9 Å². The highest BCUT2D eigenvalue weighted by Crippen LogP contribution is 2.38. The van der Waals surface area contributed by atoms with E-state index in [-0.39, 0.29) is 23.7 Å². The molecule has 1 fully saturated rings. The van der Waals surface area contributed by atoms with Gasteiger partial charge in [0.25, 0.3) is 5.91 Å². The fraction of sp³-hybridized carbons (Fsp3) is 0.381. The maximum absolute atomic E-state index is 13.8. The van der Waals surface area contributed by atoms with Crippen molar-refractivity contribution in [1.29, 1.82) is 0 Å². The number of benzene rings is 1. The molecule has 3 aromatic rings. The Hall–Kier alpha value is -3.34. The lowest BCUT2D eigenvalue weighted by molar-refractivity contribution is 0.0984. The van der Waals surface area contributed by atoms with Crippen LogP contribution in [0.2, 0.25) is 0 Å². The Morgan fingerprint density at radius 2 is 2.09 bits per heavy atom. The minimum absolute atomic E-state index is 0.131. The SMILES string of the molecule is COc1nc(SC)nc2c1C(=O)N(c1cccc(-c3nn(C)c(=O)o3)c1)C[C@@H]1CCCN21. The summed E-state index contributed by atoms with van der Waals surface area (Å²) >= 11 is 1.41. The van der Waals surface area contributed by atoms with E-state index in [9.17, 15) is 9.59 Å². The number of hydrogen-bond donors (Lipinski definition) is 0. The summed E-state index contributed by atoms with van der Waals surface area (Å²) in [7, 11) is 3.04. The Balaban J connectivity index is 1.63. The number of nitrogens with zero attached hydrogens (tertiary/aromatic N) is 6. The molecule has 1 aromatic carbocycles. The summed E-state index contributed by atoms with van der Waals surface area (Å²) in [6, 6.07) is 7.40. The van der Waals surface area contributed by atoms with Gasteiger partial charge >= 0.3 is 5.76 Å². The van der Waals surface area contributed by atoms with Gasteiger partial charge in [-0.05, 0) is 37.3 Å². The highest BCUT2D eigenvalue weighted by Gasteiger charge is 2.39. The Morgan fingerprint density at radius 3 is 2.81 bits per heavy atom. The normalized spacial score (nSPS) is 17.8. The van der Waals surface area contributed by atoms with E-state index < -0.39 is 5.76 Å². The molecule has 0 spiro atoms. The van der Waals surface area contributed by atoms with Crippen molar-refractivity contribution in [2.24, 2.45) is 7.05 Å². The molecule has 1 amide bonds. The lowest BCUT2D eigenvalue weighted by Gasteiger charge is -2.27. The van der Waals surface area contributed by atoms with Gasteiger partial charge in [-0.15, -0.1) is 5.10 Å². The molecule has 0 saturated carbocycles. The highest BCUT2D eigenvalue weighted by atomic mass is 32.2. The summed E-state index contributed by atoms with van der Waals surface area (Å²) < 4.78 is 11.9. The topological polar surface area (TPSA) is 107 Å². The lowest BCUT2D eigenvalue weighted by atomic mass is 10.1. The molecule has 1 atom stereocenters. The van der Waals surface area contributed by atoms with Gasteiger partial charge in [0.05, 0.1) is 7.11 Å². The minimum atomic E-state index is -0.543. The summed E-state index contributed by atoms with van der Waals surface area (Å²) in [5, 5.41) is 4.69. The van der Waals surface area contributed by atoms with Gasteiger partial charge in [-0.25, -0.2) is 9.78 Å². The number of anilines is 2. The number of methoxy groups -OCH3 is 1. The predicted octanol–water partition coefficient (Wildman–Crippen LogP) is 2.19. The van der Waals surface area contributed by atoms with Crippen LogP contribution in [-0.2, 0) is 7.05 Å². The Labute approximate surface area is 188 Å². The van der Waals surface area contributed by atoms with Crippen LogP contribution in [-0.4, -0.2) is 58.2 Å². The molecule has 1 saturated heterocycles. The van der Waals surface area contributed by atoms with Gasteiger partial charge in [0, 0.05) is 37.4 Å². The van der Waals surface area contributed by atoms with Crippen molar-refractivity contribution in [3.63, 3.8) is 0 Å². The summed E-state index contributed by atoms with van der Waals surface area (Å²) in [6.07, 6.45) is 3.88. The second kappa shape index (κ2) is 7.97. The van der Waals surface area contributed by atoms with Gasteiger partial charge in [0.1, 0.15) is 11.4 Å². The van der Waals surface area contributed by atoms with Crippen molar-refractivity contribution >= 4 is 29.2 Å². The number of carbonyl (C=O) groups is 1. The van der Waals surface area contributed by atoms with Crippen LogP contribution in [0, 0.1) is 0 Å². The maximum atomic E-state index is 13.8. The summed E-state index contributed by atoms with van der Waals surface area (Å²) in [4.78, 5) is 38.5. The first-order chi connectivity index (χ1) is 15.5. The molecule has 5 rings (SSSR count). The molecule has 0 unspecified atom stereocenters. The van der Waals surface area contributed by atoms with Gasteiger partial charge in [-0.3, -0.25) is 4.79 Å². The zero-order valence-electron chi connectivity index (χ0n) is 17.9. The number of carbonyl (C=O) groups excluding carboxylic acids is 1. The van der Waals surface area contributed by atoms with Crippen molar-refractivity contribution in [3.05, 3.63) is 40.4 Å².